The molecule has 0 spiro atoms. The monoisotopic (exact) mass is 417 g/mol. The molecule has 0 unspecified atom stereocenters. The number of carbonyl (C=O) groups excluding carboxylic acids is 3. The first-order valence-electron chi connectivity index (χ1n) is 8.47. The maximum atomic E-state index is 12.9. The van der Waals surface area contributed by atoms with Crippen molar-refractivity contribution in [1.29, 1.82) is 0 Å². The Morgan fingerprint density at radius 3 is 2.18 bits per heavy atom. The molecule has 0 radical (unpaired) electrons. The molecule has 1 atom stereocenters. The highest BCUT2D eigenvalue weighted by Crippen LogP contribution is 2.28. The van der Waals surface area contributed by atoms with Gasteiger partial charge in [-0.25, -0.2) is 9.69 Å². The lowest BCUT2D eigenvalue weighted by Gasteiger charge is -2.19. The van der Waals surface area contributed by atoms with Gasteiger partial charge in [-0.2, -0.15) is 0 Å². The first kappa shape index (κ1) is 19.9. The van der Waals surface area contributed by atoms with Crippen LogP contribution in [0, 0.1) is 0 Å². The quantitative estimate of drug-likeness (QED) is 0.560. The lowest BCUT2D eigenvalue weighted by molar-refractivity contribution is -0.124. The lowest BCUT2D eigenvalue weighted by atomic mass is 10.1. The van der Waals surface area contributed by atoms with E-state index in [0.29, 0.717) is 21.4 Å². The van der Waals surface area contributed by atoms with Gasteiger partial charge in [0.1, 0.15) is 6.04 Å². The molecule has 1 aliphatic rings. The first-order valence-corrected chi connectivity index (χ1v) is 9.22. The van der Waals surface area contributed by atoms with Crippen LogP contribution in [0.5, 0.6) is 0 Å². The van der Waals surface area contributed by atoms with E-state index in [0.717, 1.165) is 4.90 Å². The standard InChI is InChI=1S/C20H17Cl2N3O3/c1-2-11-24-17(12-18(26)23-15-7-3-13(21)4-8-15)19(27)25(20(24)28)16-9-5-14(22)6-10-16/h2-10,17H,1,11-12H2,(H,23,26)/t17-/m1/s1. The second kappa shape index (κ2) is 8.46. The molecule has 8 heteroatoms. The van der Waals surface area contributed by atoms with Crippen molar-refractivity contribution in [2.45, 2.75) is 12.5 Å². The Morgan fingerprint density at radius 1 is 1.04 bits per heavy atom. The van der Waals surface area contributed by atoms with Crippen molar-refractivity contribution < 1.29 is 14.4 Å². The Labute approximate surface area is 172 Å². The molecule has 6 nitrogen and oxygen atoms in total. The minimum atomic E-state index is -0.923. The fourth-order valence-electron chi connectivity index (χ4n) is 2.93. The van der Waals surface area contributed by atoms with E-state index in [4.69, 9.17) is 23.2 Å². The third-order valence-electron chi connectivity index (χ3n) is 4.24. The smallest absolute Gasteiger partial charge is 0.326 e. The van der Waals surface area contributed by atoms with Crippen LogP contribution in [0.2, 0.25) is 10.0 Å². The minimum Gasteiger partial charge on any atom is -0.326 e. The van der Waals surface area contributed by atoms with E-state index >= 15 is 0 Å². The molecule has 0 aromatic heterocycles. The summed E-state index contributed by atoms with van der Waals surface area (Å²) in [5.74, 6) is -0.860. The van der Waals surface area contributed by atoms with Crippen molar-refractivity contribution >= 4 is 52.4 Å². The van der Waals surface area contributed by atoms with Gasteiger partial charge in [0.15, 0.2) is 0 Å². The number of carbonyl (C=O) groups is 3. The highest BCUT2D eigenvalue weighted by Gasteiger charge is 2.46. The van der Waals surface area contributed by atoms with Crippen LogP contribution in [-0.2, 0) is 9.59 Å². The fourth-order valence-corrected chi connectivity index (χ4v) is 3.18. The van der Waals surface area contributed by atoms with Gasteiger partial charge in [0, 0.05) is 22.3 Å². The summed E-state index contributed by atoms with van der Waals surface area (Å²) in [7, 11) is 0. The molecule has 2 aromatic carbocycles. The van der Waals surface area contributed by atoms with E-state index < -0.39 is 18.0 Å². The number of urea groups is 1. The summed E-state index contributed by atoms with van der Waals surface area (Å²) in [6.07, 6.45) is 1.34. The molecule has 3 rings (SSSR count). The maximum Gasteiger partial charge on any atom is 0.332 e. The summed E-state index contributed by atoms with van der Waals surface area (Å²) < 4.78 is 0. The van der Waals surface area contributed by atoms with E-state index in [1.807, 2.05) is 0 Å². The van der Waals surface area contributed by atoms with Crippen molar-refractivity contribution in [2.24, 2.45) is 0 Å². The molecule has 1 saturated heterocycles. The Kier molecular flexibility index (Phi) is 6.02. The van der Waals surface area contributed by atoms with E-state index in [9.17, 15) is 14.4 Å². The predicted octanol–water partition coefficient (Wildman–Crippen LogP) is 4.35. The van der Waals surface area contributed by atoms with Gasteiger partial charge >= 0.3 is 6.03 Å². The number of amides is 4. The Bertz CT molecular complexity index is 913. The zero-order chi connectivity index (χ0) is 20.3. The fraction of sp³-hybridized carbons (Fsp3) is 0.150. The van der Waals surface area contributed by atoms with Gasteiger partial charge in [-0.1, -0.05) is 29.3 Å². The molecule has 1 N–H and O–H groups in total. The van der Waals surface area contributed by atoms with Crippen LogP contribution in [-0.4, -0.2) is 35.3 Å². The van der Waals surface area contributed by atoms with Gasteiger partial charge in [-0.15, -0.1) is 6.58 Å². The van der Waals surface area contributed by atoms with Crippen LogP contribution >= 0.6 is 23.2 Å². The zero-order valence-electron chi connectivity index (χ0n) is 14.8. The predicted molar refractivity (Wildman–Crippen MR) is 110 cm³/mol. The van der Waals surface area contributed by atoms with Crippen LogP contribution in [0.25, 0.3) is 0 Å². The summed E-state index contributed by atoms with van der Waals surface area (Å²) in [6, 6.07) is 11.5. The van der Waals surface area contributed by atoms with Crippen molar-refractivity contribution in [3.05, 3.63) is 71.2 Å². The molecule has 1 heterocycles. The number of imide groups is 1. The van der Waals surface area contributed by atoms with Crippen LogP contribution in [0.1, 0.15) is 6.42 Å². The van der Waals surface area contributed by atoms with E-state index in [1.165, 1.54) is 11.0 Å². The molecule has 144 valence electrons. The van der Waals surface area contributed by atoms with Crippen molar-refractivity contribution in [1.82, 2.24) is 4.90 Å². The van der Waals surface area contributed by atoms with Crippen LogP contribution < -0.4 is 10.2 Å². The summed E-state index contributed by atoms with van der Waals surface area (Å²) >= 11 is 11.7. The minimum absolute atomic E-state index is 0.146. The van der Waals surface area contributed by atoms with Gasteiger partial charge in [0.2, 0.25) is 5.91 Å². The molecule has 1 aliphatic heterocycles. The van der Waals surface area contributed by atoms with Gasteiger partial charge in [-0.3, -0.25) is 9.59 Å². The Hall–Kier alpha value is -2.83. The van der Waals surface area contributed by atoms with Crippen LogP contribution in [0.15, 0.2) is 61.2 Å². The third-order valence-corrected chi connectivity index (χ3v) is 4.74. The topological polar surface area (TPSA) is 69.7 Å². The molecule has 28 heavy (non-hydrogen) atoms. The number of hydrogen-bond acceptors (Lipinski definition) is 3. The summed E-state index contributed by atoms with van der Waals surface area (Å²) in [5.41, 5.74) is 0.949. The SMILES string of the molecule is C=CCN1C(=O)N(c2ccc(Cl)cc2)C(=O)[C@H]1CC(=O)Nc1ccc(Cl)cc1. The zero-order valence-corrected chi connectivity index (χ0v) is 16.3. The molecule has 4 amide bonds. The molecule has 0 aliphatic carbocycles. The lowest BCUT2D eigenvalue weighted by Crippen LogP contribution is -2.38. The first-order chi connectivity index (χ1) is 13.4. The van der Waals surface area contributed by atoms with Crippen molar-refractivity contribution in [3.63, 3.8) is 0 Å². The summed E-state index contributed by atoms with van der Waals surface area (Å²) in [6.45, 7) is 3.77. The summed E-state index contributed by atoms with van der Waals surface area (Å²) in [4.78, 5) is 40.5. The second-order valence-corrected chi connectivity index (χ2v) is 7.02. The number of halogens is 2. The van der Waals surface area contributed by atoms with Crippen LogP contribution in [0.4, 0.5) is 16.2 Å². The molecule has 0 bridgehead atoms. The van der Waals surface area contributed by atoms with Gasteiger partial charge < -0.3 is 10.2 Å². The third kappa shape index (κ3) is 4.18. The Morgan fingerprint density at radius 2 is 1.61 bits per heavy atom. The number of benzene rings is 2. The number of rotatable bonds is 6. The number of hydrogen-bond donors (Lipinski definition) is 1. The second-order valence-electron chi connectivity index (χ2n) is 6.15. The van der Waals surface area contributed by atoms with Crippen LogP contribution in [0.3, 0.4) is 0 Å². The molecule has 0 saturated carbocycles. The molecule has 1 fully saturated rings. The maximum absolute atomic E-state index is 12.9. The molecular weight excluding hydrogens is 401 g/mol. The van der Waals surface area contributed by atoms with Gasteiger partial charge in [0.05, 0.1) is 12.1 Å². The van der Waals surface area contributed by atoms with Crippen molar-refractivity contribution in [3.8, 4) is 0 Å². The summed E-state index contributed by atoms with van der Waals surface area (Å²) in [5, 5.41) is 3.74. The highest BCUT2D eigenvalue weighted by atomic mass is 35.5. The normalized spacial score (nSPS) is 16.4. The largest absolute Gasteiger partial charge is 0.332 e. The molecule has 2 aromatic rings. The average Bonchev–Trinajstić information content (AvgIpc) is 2.89. The van der Waals surface area contributed by atoms with E-state index in [1.54, 1.807) is 48.5 Å². The van der Waals surface area contributed by atoms with Gasteiger partial charge in [-0.05, 0) is 48.5 Å². The highest BCUT2D eigenvalue weighted by molar-refractivity contribution is 6.31. The number of nitrogens with one attached hydrogen (secondary N) is 1. The Balaban J connectivity index is 1.79. The van der Waals surface area contributed by atoms with E-state index in [-0.39, 0.29) is 18.9 Å². The van der Waals surface area contributed by atoms with Gasteiger partial charge in [0.25, 0.3) is 5.91 Å². The molecular formula is C20H17Cl2N3O3. The number of anilines is 2. The van der Waals surface area contributed by atoms with E-state index in [2.05, 4.69) is 11.9 Å². The number of nitrogens with zero attached hydrogens (tertiary/aromatic N) is 2. The average molecular weight is 418 g/mol. The van der Waals surface area contributed by atoms with Crippen molar-refractivity contribution in [2.75, 3.05) is 16.8 Å².